The molecule has 1 aliphatic rings. The molecule has 0 aliphatic carbocycles. The molecule has 1 N–H and O–H groups in total. The summed E-state index contributed by atoms with van der Waals surface area (Å²) in [5.41, 5.74) is 0.277. The summed E-state index contributed by atoms with van der Waals surface area (Å²) in [7, 11) is 0. The Bertz CT molecular complexity index is 422. The zero-order valence-corrected chi connectivity index (χ0v) is 12.3. The largest absolute Gasteiger partial charge is 0.379 e. The van der Waals surface area contributed by atoms with Gasteiger partial charge in [0.05, 0.1) is 18.4 Å². The molecule has 1 heterocycles. The van der Waals surface area contributed by atoms with E-state index in [4.69, 9.17) is 4.74 Å². The van der Waals surface area contributed by atoms with Gasteiger partial charge >= 0.3 is 0 Å². The predicted molar refractivity (Wildman–Crippen MR) is 74.4 cm³/mol. The third-order valence-electron chi connectivity index (χ3n) is 3.18. The van der Waals surface area contributed by atoms with Crippen LogP contribution in [0.5, 0.6) is 0 Å². The maximum atomic E-state index is 13.6. The normalized spacial score (nSPS) is 20.5. The fraction of sp³-hybridized carbons (Fsp3) is 0.538. The number of likely N-dealkylation sites (N-methyl/N-ethyl adjacent to an activating group) is 1. The average Bonchev–Trinajstić information content (AvgIpc) is 2.37. The van der Waals surface area contributed by atoms with Crippen molar-refractivity contribution in [2.75, 3.05) is 38.1 Å². The smallest absolute Gasteiger partial charge is 0.150 e. The highest BCUT2D eigenvalue weighted by Crippen LogP contribution is 2.26. The summed E-state index contributed by atoms with van der Waals surface area (Å²) in [5.74, 6) is -1.20. The van der Waals surface area contributed by atoms with Gasteiger partial charge in [-0.3, -0.25) is 4.90 Å². The van der Waals surface area contributed by atoms with Crippen molar-refractivity contribution in [3.8, 4) is 0 Å². The van der Waals surface area contributed by atoms with Crippen molar-refractivity contribution in [3.05, 3.63) is 28.2 Å². The first-order valence-corrected chi connectivity index (χ1v) is 7.11. The second-order valence-corrected chi connectivity index (χ2v) is 5.37. The molecule has 0 saturated carbocycles. The Labute approximate surface area is 120 Å². The van der Waals surface area contributed by atoms with E-state index in [1.54, 1.807) is 0 Å². The van der Waals surface area contributed by atoms with Crippen LogP contribution < -0.4 is 5.32 Å². The van der Waals surface area contributed by atoms with Crippen LogP contribution in [0.2, 0.25) is 0 Å². The third-order valence-corrected chi connectivity index (χ3v) is 3.81. The van der Waals surface area contributed by atoms with Gasteiger partial charge in [0.1, 0.15) is 11.6 Å². The van der Waals surface area contributed by atoms with E-state index < -0.39 is 11.6 Å². The number of anilines is 1. The Morgan fingerprint density at radius 3 is 2.95 bits per heavy atom. The highest BCUT2D eigenvalue weighted by atomic mass is 79.9. The number of morpholine rings is 1. The van der Waals surface area contributed by atoms with Crippen LogP contribution in [0.25, 0.3) is 0 Å². The molecule has 19 heavy (non-hydrogen) atoms. The van der Waals surface area contributed by atoms with E-state index >= 15 is 0 Å². The van der Waals surface area contributed by atoms with E-state index in [0.29, 0.717) is 17.6 Å². The molecule has 0 bridgehead atoms. The average molecular weight is 335 g/mol. The van der Waals surface area contributed by atoms with Crippen molar-refractivity contribution in [2.45, 2.75) is 13.0 Å². The standard InChI is InChI=1S/C13H17BrF2N2O/c1-2-18-3-4-19-10(8-18)7-17-13-11(14)5-9(15)6-12(13)16/h5-6,10,17H,2-4,7-8H2,1H3. The fourth-order valence-corrected chi connectivity index (χ4v) is 2.67. The lowest BCUT2D eigenvalue weighted by atomic mass is 10.2. The first-order chi connectivity index (χ1) is 9.10. The van der Waals surface area contributed by atoms with Crippen molar-refractivity contribution in [1.29, 1.82) is 0 Å². The Balaban J connectivity index is 1.95. The van der Waals surface area contributed by atoms with Crippen LogP contribution in [0.3, 0.4) is 0 Å². The molecule has 1 fully saturated rings. The lowest BCUT2D eigenvalue weighted by Gasteiger charge is -2.32. The van der Waals surface area contributed by atoms with E-state index in [1.807, 2.05) is 0 Å². The molecule has 1 aromatic rings. The second-order valence-electron chi connectivity index (χ2n) is 4.51. The molecule has 106 valence electrons. The van der Waals surface area contributed by atoms with Crippen molar-refractivity contribution >= 4 is 21.6 Å². The SMILES string of the molecule is CCN1CCOC(CNc2c(F)cc(F)cc2Br)C1. The van der Waals surface area contributed by atoms with E-state index in [2.05, 4.69) is 33.1 Å². The Morgan fingerprint density at radius 2 is 2.26 bits per heavy atom. The summed E-state index contributed by atoms with van der Waals surface area (Å²) in [4.78, 5) is 2.28. The van der Waals surface area contributed by atoms with Gasteiger partial charge in [-0.25, -0.2) is 8.78 Å². The molecule has 0 aromatic heterocycles. The van der Waals surface area contributed by atoms with Crippen LogP contribution in [-0.4, -0.2) is 43.8 Å². The lowest BCUT2D eigenvalue weighted by Crippen LogP contribution is -2.45. The van der Waals surface area contributed by atoms with Gasteiger partial charge in [0.15, 0.2) is 0 Å². The number of nitrogens with one attached hydrogen (secondary N) is 1. The molecule has 1 aliphatic heterocycles. The molecule has 3 nitrogen and oxygen atoms in total. The monoisotopic (exact) mass is 334 g/mol. The molecule has 1 aromatic carbocycles. The second kappa shape index (κ2) is 6.63. The van der Waals surface area contributed by atoms with Gasteiger partial charge in [-0.15, -0.1) is 0 Å². The molecule has 1 unspecified atom stereocenters. The predicted octanol–water partition coefficient (Wildman–Crippen LogP) is 2.86. The molecule has 1 atom stereocenters. The summed E-state index contributed by atoms with van der Waals surface area (Å²) < 4.78 is 32.6. The minimum atomic E-state index is -0.602. The van der Waals surface area contributed by atoms with Gasteiger partial charge in [0, 0.05) is 30.2 Å². The van der Waals surface area contributed by atoms with Crippen LogP contribution in [-0.2, 0) is 4.74 Å². The number of hydrogen-bond acceptors (Lipinski definition) is 3. The Hall–Kier alpha value is -0.720. The Morgan fingerprint density at radius 1 is 1.47 bits per heavy atom. The maximum absolute atomic E-state index is 13.6. The van der Waals surface area contributed by atoms with E-state index in [0.717, 1.165) is 25.7 Å². The van der Waals surface area contributed by atoms with Crippen LogP contribution >= 0.6 is 15.9 Å². The summed E-state index contributed by atoms with van der Waals surface area (Å²) in [6, 6.07) is 2.11. The number of halogens is 3. The van der Waals surface area contributed by atoms with Gasteiger partial charge < -0.3 is 10.1 Å². The molecule has 0 amide bonds. The van der Waals surface area contributed by atoms with Gasteiger partial charge in [-0.2, -0.15) is 0 Å². The highest BCUT2D eigenvalue weighted by molar-refractivity contribution is 9.10. The topological polar surface area (TPSA) is 24.5 Å². The number of ether oxygens (including phenoxy) is 1. The van der Waals surface area contributed by atoms with Crippen LogP contribution in [0.15, 0.2) is 16.6 Å². The zero-order valence-electron chi connectivity index (χ0n) is 10.8. The maximum Gasteiger partial charge on any atom is 0.150 e. The minimum Gasteiger partial charge on any atom is -0.379 e. The highest BCUT2D eigenvalue weighted by Gasteiger charge is 2.20. The quantitative estimate of drug-likeness (QED) is 0.916. The number of nitrogens with zero attached hydrogens (tertiary/aromatic N) is 1. The zero-order chi connectivity index (χ0) is 13.8. The molecular formula is C13H17BrF2N2O. The third kappa shape index (κ3) is 3.87. The molecule has 2 rings (SSSR count). The van der Waals surface area contributed by atoms with Gasteiger partial charge in [0.25, 0.3) is 0 Å². The van der Waals surface area contributed by atoms with Crippen LogP contribution in [0.4, 0.5) is 14.5 Å². The molecular weight excluding hydrogens is 318 g/mol. The van der Waals surface area contributed by atoms with E-state index in [-0.39, 0.29) is 11.8 Å². The number of benzene rings is 1. The first kappa shape index (κ1) is 14.7. The lowest BCUT2D eigenvalue weighted by molar-refractivity contribution is -0.0192. The van der Waals surface area contributed by atoms with Crippen molar-refractivity contribution in [2.24, 2.45) is 0 Å². The van der Waals surface area contributed by atoms with Crippen LogP contribution in [0, 0.1) is 11.6 Å². The molecule has 1 saturated heterocycles. The molecule has 6 heteroatoms. The number of hydrogen-bond donors (Lipinski definition) is 1. The van der Waals surface area contributed by atoms with Crippen LogP contribution in [0.1, 0.15) is 6.92 Å². The molecule has 0 spiro atoms. The van der Waals surface area contributed by atoms with Crippen molar-refractivity contribution < 1.29 is 13.5 Å². The fourth-order valence-electron chi connectivity index (χ4n) is 2.12. The summed E-state index contributed by atoms with van der Waals surface area (Å²) >= 11 is 3.15. The summed E-state index contributed by atoms with van der Waals surface area (Å²) in [5, 5.41) is 2.98. The summed E-state index contributed by atoms with van der Waals surface area (Å²) in [6.07, 6.45) is 0.0186. The minimum absolute atomic E-state index is 0.0186. The molecule has 0 radical (unpaired) electrons. The van der Waals surface area contributed by atoms with Crippen molar-refractivity contribution in [1.82, 2.24) is 4.90 Å². The Kier molecular flexibility index (Phi) is 5.13. The van der Waals surface area contributed by atoms with Crippen molar-refractivity contribution in [3.63, 3.8) is 0 Å². The van der Waals surface area contributed by atoms with Gasteiger partial charge in [-0.05, 0) is 28.5 Å². The van der Waals surface area contributed by atoms with Gasteiger partial charge in [0.2, 0.25) is 0 Å². The summed E-state index contributed by atoms with van der Waals surface area (Å²) in [6.45, 7) is 6.02. The number of rotatable bonds is 4. The van der Waals surface area contributed by atoms with E-state index in [1.165, 1.54) is 6.07 Å². The van der Waals surface area contributed by atoms with E-state index in [9.17, 15) is 8.78 Å². The van der Waals surface area contributed by atoms with Gasteiger partial charge in [-0.1, -0.05) is 6.92 Å². The first-order valence-electron chi connectivity index (χ1n) is 6.32.